The third-order valence-corrected chi connectivity index (χ3v) is 5.32. The predicted octanol–water partition coefficient (Wildman–Crippen LogP) is 4.05. The summed E-state index contributed by atoms with van der Waals surface area (Å²) in [5.41, 5.74) is 1.55. The van der Waals surface area contributed by atoms with Crippen LogP contribution in [0.25, 0.3) is 0 Å². The number of nitrogens with one attached hydrogen (secondary N) is 1. The summed E-state index contributed by atoms with van der Waals surface area (Å²) in [6, 6.07) is 7.39. The van der Waals surface area contributed by atoms with Gasteiger partial charge in [-0.3, -0.25) is 0 Å². The van der Waals surface area contributed by atoms with Crippen LogP contribution in [0.1, 0.15) is 42.6 Å². The molecular formula is C16H21ClN2OS. The van der Waals surface area contributed by atoms with E-state index in [4.69, 9.17) is 11.6 Å². The fourth-order valence-corrected chi connectivity index (χ4v) is 3.41. The van der Waals surface area contributed by atoms with Gasteiger partial charge in [-0.2, -0.15) is 0 Å². The van der Waals surface area contributed by atoms with Crippen LogP contribution in [0.2, 0.25) is 5.02 Å². The number of thiazole rings is 1. The molecule has 0 bridgehead atoms. The molecule has 2 atom stereocenters. The lowest BCUT2D eigenvalue weighted by Crippen LogP contribution is -2.41. The van der Waals surface area contributed by atoms with Crippen LogP contribution in [-0.2, 0) is 5.54 Å². The SMILES string of the molecule is CCC(C)(NCC(O)c1ccccc1Cl)c1nc(C)cs1. The van der Waals surface area contributed by atoms with E-state index in [0.717, 1.165) is 22.7 Å². The van der Waals surface area contributed by atoms with E-state index in [2.05, 4.69) is 29.5 Å². The van der Waals surface area contributed by atoms with Crippen LogP contribution in [0.15, 0.2) is 29.6 Å². The van der Waals surface area contributed by atoms with Gasteiger partial charge in [-0.05, 0) is 26.3 Å². The van der Waals surface area contributed by atoms with E-state index < -0.39 is 6.10 Å². The Hall–Kier alpha value is -0.940. The fraction of sp³-hybridized carbons (Fsp3) is 0.438. The standard InChI is InChI=1S/C16H21ClN2OS/c1-4-16(3,15-19-11(2)10-21-15)18-9-14(20)12-7-5-6-8-13(12)17/h5-8,10,14,18,20H,4,9H2,1-3H3. The van der Waals surface area contributed by atoms with Gasteiger partial charge in [-0.1, -0.05) is 36.7 Å². The molecule has 1 heterocycles. The Labute approximate surface area is 135 Å². The van der Waals surface area contributed by atoms with Gasteiger partial charge in [0.15, 0.2) is 0 Å². The molecule has 2 N–H and O–H groups in total. The van der Waals surface area contributed by atoms with Crippen molar-refractivity contribution in [3.63, 3.8) is 0 Å². The molecular weight excluding hydrogens is 304 g/mol. The van der Waals surface area contributed by atoms with E-state index in [-0.39, 0.29) is 5.54 Å². The summed E-state index contributed by atoms with van der Waals surface area (Å²) in [5, 5.41) is 17.5. The topological polar surface area (TPSA) is 45.1 Å². The summed E-state index contributed by atoms with van der Waals surface area (Å²) in [6.07, 6.45) is 0.264. The van der Waals surface area contributed by atoms with Gasteiger partial charge in [0.05, 0.1) is 11.6 Å². The quantitative estimate of drug-likeness (QED) is 0.842. The Bertz CT molecular complexity index is 601. The summed E-state index contributed by atoms with van der Waals surface area (Å²) in [7, 11) is 0. The zero-order valence-electron chi connectivity index (χ0n) is 12.6. The molecule has 21 heavy (non-hydrogen) atoms. The van der Waals surface area contributed by atoms with Crippen molar-refractivity contribution in [3.8, 4) is 0 Å². The number of aromatic nitrogens is 1. The highest BCUT2D eigenvalue weighted by Gasteiger charge is 2.28. The molecule has 2 rings (SSSR count). The highest BCUT2D eigenvalue weighted by Crippen LogP contribution is 2.29. The van der Waals surface area contributed by atoms with Gasteiger partial charge in [0.1, 0.15) is 5.01 Å². The number of aliphatic hydroxyl groups excluding tert-OH is 1. The number of rotatable bonds is 6. The van der Waals surface area contributed by atoms with Crippen LogP contribution in [0.5, 0.6) is 0 Å². The first-order valence-electron chi connectivity index (χ1n) is 7.06. The van der Waals surface area contributed by atoms with E-state index in [0.29, 0.717) is 11.6 Å². The summed E-state index contributed by atoms with van der Waals surface area (Å²) >= 11 is 7.78. The highest BCUT2D eigenvalue weighted by molar-refractivity contribution is 7.09. The van der Waals surface area contributed by atoms with Gasteiger partial charge in [-0.15, -0.1) is 11.3 Å². The first-order valence-corrected chi connectivity index (χ1v) is 8.32. The number of hydrogen-bond acceptors (Lipinski definition) is 4. The molecule has 0 aliphatic carbocycles. The Morgan fingerprint density at radius 1 is 1.43 bits per heavy atom. The van der Waals surface area contributed by atoms with E-state index >= 15 is 0 Å². The molecule has 0 fully saturated rings. The molecule has 1 aromatic heterocycles. The van der Waals surface area contributed by atoms with E-state index in [1.54, 1.807) is 17.4 Å². The molecule has 114 valence electrons. The number of nitrogens with zero attached hydrogens (tertiary/aromatic N) is 1. The van der Waals surface area contributed by atoms with Gasteiger partial charge < -0.3 is 10.4 Å². The Kier molecular flexibility index (Phi) is 5.38. The molecule has 0 saturated heterocycles. The van der Waals surface area contributed by atoms with Gasteiger partial charge in [0, 0.05) is 28.2 Å². The number of benzene rings is 1. The average molecular weight is 325 g/mol. The molecule has 0 radical (unpaired) electrons. The third-order valence-electron chi connectivity index (χ3n) is 3.75. The molecule has 0 aliphatic heterocycles. The lowest BCUT2D eigenvalue weighted by atomic mass is 9.99. The maximum absolute atomic E-state index is 10.3. The second-order valence-electron chi connectivity index (χ2n) is 5.40. The fourth-order valence-electron chi connectivity index (χ4n) is 2.14. The van der Waals surface area contributed by atoms with E-state index in [1.165, 1.54) is 0 Å². The molecule has 0 amide bonds. The second kappa shape index (κ2) is 6.88. The van der Waals surface area contributed by atoms with Crippen LogP contribution >= 0.6 is 22.9 Å². The van der Waals surface area contributed by atoms with Crippen LogP contribution in [0.3, 0.4) is 0 Å². The lowest BCUT2D eigenvalue weighted by Gasteiger charge is -2.29. The van der Waals surface area contributed by atoms with Crippen LogP contribution in [0.4, 0.5) is 0 Å². The van der Waals surface area contributed by atoms with Crippen molar-refractivity contribution in [3.05, 3.63) is 50.9 Å². The first kappa shape index (κ1) is 16.4. The molecule has 2 unspecified atom stereocenters. The monoisotopic (exact) mass is 324 g/mol. The van der Waals surface area contributed by atoms with Gasteiger partial charge >= 0.3 is 0 Å². The zero-order valence-corrected chi connectivity index (χ0v) is 14.1. The van der Waals surface area contributed by atoms with E-state index in [1.807, 2.05) is 25.1 Å². The van der Waals surface area contributed by atoms with Crippen molar-refractivity contribution < 1.29 is 5.11 Å². The van der Waals surface area contributed by atoms with Crippen molar-refractivity contribution in [1.29, 1.82) is 0 Å². The summed E-state index contributed by atoms with van der Waals surface area (Å²) < 4.78 is 0. The van der Waals surface area contributed by atoms with Crippen molar-refractivity contribution >= 4 is 22.9 Å². The van der Waals surface area contributed by atoms with Crippen molar-refractivity contribution in [2.75, 3.05) is 6.54 Å². The Morgan fingerprint density at radius 3 is 2.71 bits per heavy atom. The van der Waals surface area contributed by atoms with Gasteiger partial charge in [0.25, 0.3) is 0 Å². The molecule has 2 aromatic rings. The van der Waals surface area contributed by atoms with Crippen molar-refractivity contribution in [2.24, 2.45) is 0 Å². The normalized spacial score (nSPS) is 15.7. The third kappa shape index (κ3) is 3.83. The molecule has 0 saturated carbocycles. The minimum Gasteiger partial charge on any atom is -0.387 e. The molecule has 3 nitrogen and oxygen atoms in total. The largest absolute Gasteiger partial charge is 0.387 e. The first-order chi connectivity index (χ1) is 9.96. The maximum Gasteiger partial charge on any atom is 0.113 e. The Morgan fingerprint density at radius 2 is 2.14 bits per heavy atom. The number of halogens is 1. The minimum atomic E-state index is -0.634. The van der Waals surface area contributed by atoms with Crippen molar-refractivity contribution in [1.82, 2.24) is 10.3 Å². The maximum atomic E-state index is 10.3. The Balaban J connectivity index is 2.08. The van der Waals surface area contributed by atoms with Crippen LogP contribution in [-0.4, -0.2) is 16.6 Å². The summed E-state index contributed by atoms with van der Waals surface area (Å²) in [6.45, 7) is 6.66. The smallest absolute Gasteiger partial charge is 0.113 e. The molecule has 1 aromatic carbocycles. The van der Waals surface area contributed by atoms with E-state index in [9.17, 15) is 5.11 Å². The summed E-state index contributed by atoms with van der Waals surface area (Å²) in [4.78, 5) is 4.57. The highest BCUT2D eigenvalue weighted by atomic mass is 35.5. The lowest BCUT2D eigenvalue weighted by molar-refractivity contribution is 0.157. The zero-order chi connectivity index (χ0) is 15.5. The molecule has 0 aliphatic rings. The van der Waals surface area contributed by atoms with Gasteiger partial charge in [0.2, 0.25) is 0 Å². The van der Waals surface area contributed by atoms with Crippen molar-refractivity contribution in [2.45, 2.75) is 38.8 Å². The van der Waals surface area contributed by atoms with Crippen LogP contribution in [0, 0.1) is 6.92 Å². The minimum absolute atomic E-state index is 0.235. The number of aliphatic hydroxyl groups is 1. The predicted molar refractivity (Wildman–Crippen MR) is 88.9 cm³/mol. The van der Waals surface area contributed by atoms with Gasteiger partial charge in [-0.25, -0.2) is 4.98 Å². The second-order valence-corrected chi connectivity index (χ2v) is 6.66. The summed E-state index contributed by atoms with van der Waals surface area (Å²) in [5.74, 6) is 0. The molecule has 0 spiro atoms. The van der Waals surface area contributed by atoms with Crippen LogP contribution < -0.4 is 5.32 Å². The molecule has 5 heteroatoms. The number of aryl methyl sites for hydroxylation is 1. The average Bonchev–Trinajstić information content (AvgIpc) is 2.92. The number of hydrogen-bond donors (Lipinski definition) is 2.